The molecule has 0 heterocycles. The molecule has 4 heteroatoms. The first-order valence-electron chi connectivity index (χ1n) is 4.75. The molecule has 0 aromatic heterocycles. The lowest BCUT2D eigenvalue weighted by molar-refractivity contribution is 0.678. The van der Waals surface area contributed by atoms with Crippen LogP contribution in [0.4, 0.5) is 0 Å². The highest BCUT2D eigenvalue weighted by Gasteiger charge is 2.03. The predicted octanol–water partition coefficient (Wildman–Crippen LogP) is 3.25. The van der Waals surface area contributed by atoms with E-state index >= 15 is 0 Å². The van der Waals surface area contributed by atoms with E-state index in [0.717, 1.165) is 22.2 Å². The highest BCUT2D eigenvalue weighted by molar-refractivity contribution is 9.10. The highest BCUT2D eigenvalue weighted by Crippen LogP contribution is 2.15. The van der Waals surface area contributed by atoms with Crippen molar-refractivity contribution in [2.75, 3.05) is 5.75 Å². The van der Waals surface area contributed by atoms with Crippen molar-refractivity contribution in [3.63, 3.8) is 0 Å². The van der Waals surface area contributed by atoms with Crippen LogP contribution in [0.3, 0.4) is 0 Å². The van der Waals surface area contributed by atoms with Gasteiger partial charge in [-0.1, -0.05) is 22.0 Å². The van der Waals surface area contributed by atoms with Crippen molar-refractivity contribution in [1.82, 2.24) is 0 Å². The summed E-state index contributed by atoms with van der Waals surface area (Å²) in [5.74, 6) is 0.637. The van der Waals surface area contributed by atoms with E-state index in [2.05, 4.69) is 22.0 Å². The highest BCUT2D eigenvalue weighted by atomic mass is 79.9. The number of unbranched alkanes of at least 4 members (excludes halogenated alkanes) is 2. The van der Waals surface area contributed by atoms with Crippen molar-refractivity contribution >= 4 is 26.7 Å². The first kappa shape index (κ1) is 12.4. The molecule has 0 aliphatic heterocycles. The van der Waals surface area contributed by atoms with Crippen molar-refractivity contribution in [1.29, 1.82) is 5.26 Å². The molecule has 1 aromatic rings. The van der Waals surface area contributed by atoms with Gasteiger partial charge in [-0.2, -0.15) is 5.26 Å². The van der Waals surface area contributed by atoms with Crippen LogP contribution in [0.15, 0.2) is 33.6 Å². The monoisotopic (exact) mass is 285 g/mol. The Balaban J connectivity index is 2.44. The van der Waals surface area contributed by atoms with Crippen molar-refractivity contribution in [3.8, 4) is 6.07 Å². The molecular formula is C11H12BrNOS. The third-order valence-electron chi connectivity index (χ3n) is 1.93. The Labute approximate surface area is 101 Å². The number of rotatable bonds is 5. The lowest BCUT2D eigenvalue weighted by Crippen LogP contribution is -1.97. The summed E-state index contributed by atoms with van der Waals surface area (Å²) in [4.78, 5) is 0.848. The zero-order valence-corrected chi connectivity index (χ0v) is 10.7. The molecular weight excluding hydrogens is 274 g/mol. The van der Waals surface area contributed by atoms with Crippen molar-refractivity contribution in [2.24, 2.45) is 0 Å². The first-order chi connectivity index (χ1) is 7.24. The van der Waals surface area contributed by atoms with Gasteiger partial charge in [-0.25, -0.2) is 0 Å². The molecule has 0 radical (unpaired) electrons. The minimum Gasteiger partial charge on any atom is -0.254 e. The number of benzene rings is 1. The maximum Gasteiger partial charge on any atom is 0.0621 e. The van der Waals surface area contributed by atoms with Gasteiger partial charge in [0, 0.05) is 21.5 Å². The van der Waals surface area contributed by atoms with Crippen molar-refractivity contribution in [3.05, 3.63) is 28.7 Å². The molecule has 0 fully saturated rings. The summed E-state index contributed by atoms with van der Waals surface area (Å²) in [5, 5.41) is 8.35. The fourth-order valence-electron chi connectivity index (χ4n) is 1.16. The van der Waals surface area contributed by atoms with Gasteiger partial charge in [0.1, 0.15) is 0 Å². The topological polar surface area (TPSA) is 40.9 Å². The van der Waals surface area contributed by atoms with Crippen LogP contribution in [0.5, 0.6) is 0 Å². The summed E-state index contributed by atoms with van der Waals surface area (Å²) in [5.41, 5.74) is 0. The van der Waals surface area contributed by atoms with Gasteiger partial charge >= 0.3 is 0 Å². The summed E-state index contributed by atoms with van der Waals surface area (Å²) >= 11 is 3.35. The van der Waals surface area contributed by atoms with Gasteiger partial charge in [-0.3, -0.25) is 4.21 Å². The van der Waals surface area contributed by atoms with Crippen LogP contribution in [0.25, 0.3) is 0 Å². The molecule has 1 aromatic carbocycles. The largest absolute Gasteiger partial charge is 0.254 e. The van der Waals surface area contributed by atoms with Gasteiger partial charge in [-0.05, 0) is 31.0 Å². The average Bonchev–Trinajstić information content (AvgIpc) is 2.24. The smallest absolute Gasteiger partial charge is 0.0621 e. The second-order valence-electron chi connectivity index (χ2n) is 3.12. The molecule has 1 atom stereocenters. The fraction of sp³-hybridized carbons (Fsp3) is 0.364. The molecule has 0 N–H and O–H groups in total. The normalized spacial score (nSPS) is 12.0. The molecule has 80 valence electrons. The van der Waals surface area contributed by atoms with Gasteiger partial charge in [0.15, 0.2) is 0 Å². The number of nitriles is 1. The Morgan fingerprint density at radius 1 is 1.40 bits per heavy atom. The SMILES string of the molecule is N#CCCCCS(=O)c1cccc(Br)c1. The van der Waals surface area contributed by atoms with Crippen LogP contribution >= 0.6 is 15.9 Å². The minimum absolute atomic E-state index is 0.551. The van der Waals surface area contributed by atoms with Crippen LogP contribution in [0, 0.1) is 11.3 Å². The standard InChI is InChI=1S/C11H12BrNOS/c12-10-5-4-6-11(9-10)15(14)8-3-1-2-7-13/h4-6,9H,1-3,8H2. The Hall–Kier alpha value is -0.660. The zero-order valence-electron chi connectivity index (χ0n) is 8.28. The summed E-state index contributed by atoms with van der Waals surface area (Å²) in [6, 6.07) is 9.62. The second-order valence-corrected chi connectivity index (χ2v) is 5.61. The van der Waals surface area contributed by atoms with E-state index < -0.39 is 10.8 Å². The minimum atomic E-state index is -0.937. The molecule has 1 rings (SSSR count). The summed E-state index contributed by atoms with van der Waals surface area (Å²) in [6.07, 6.45) is 2.22. The van der Waals surface area contributed by atoms with Gasteiger partial charge in [0.2, 0.25) is 0 Å². The van der Waals surface area contributed by atoms with E-state index in [1.807, 2.05) is 24.3 Å². The lowest BCUT2D eigenvalue weighted by atomic mass is 10.3. The molecule has 0 aliphatic carbocycles. The molecule has 0 amide bonds. The Morgan fingerprint density at radius 3 is 2.87 bits per heavy atom. The quantitative estimate of drug-likeness (QED) is 0.780. The second kappa shape index (κ2) is 6.76. The third-order valence-corrected chi connectivity index (χ3v) is 3.86. The molecule has 1 unspecified atom stereocenters. The van der Waals surface area contributed by atoms with Crippen LogP contribution in [0.1, 0.15) is 19.3 Å². The van der Waals surface area contributed by atoms with E-state index in [0.29, 0.717) is 12.2 Å². The van der Waals surface area contributed by atoms with Gasteiger partial charge in [-0.15, -0.1) is 0 Å². The number of hydrogen-bond acceptors (Lipinski definition) is 2. The lowest BCUT2D eigenvalue weighted by Gasteiger charge is -2.01. The number of nitrogens with zero attached hydrogens (tertiary/aromatic N) is 1. The fourth-order valence-corrected chi connectivity index (χ4v) is 2.91. The van der Waals surface area contributed by atoms with E-state index in [4.69, 9.17) is 5.26 Å². The third kappa shape index (κ3) is 4.59. The van der Waals surface area contributed by atoms with E-state index in [-0.39, 0.29) is 0 Å². The van der Waals surface area contributed by atoms with Crippen LogP contribution in [0.2, 0.25) is 0 Å². The van der Waals surface area contributed by atoms with Crippen molar-refractivity contribution < 1.29 is 4.21 Å². The van der Waals surface area contributed by atoms with E-state index in [9.17, 15) is 4.21 Å². The summed E-state index contributed by atoms with van der Waals surface area (Å²) in [6.45, 7) is 0. The van der Waals surface area contributed by atoms with Gasteiger partial charge < -0.3 is 0 Å². The van der Waals surface area contributed by atoms with E-state index in [1.54, 1.807) is 0 Å². The van der Waals surface area contributed by atoms with Crippen LogP contribution in [-0.2, 0) is 10.8 Å². The van der Waals surface area contributed by atoms with Crippen LogP contribution in [-0.4, -0.2) is 9.96 Å². The number of halogens is 1. The van der Waals surface area contributed by atoms with Crippen molar-refractivity contribution in [2.45, 2.75) is 24.2 Å². The first-order valence-corrected chi connectivity index (χ1v) is 6.86. The zero-order chi connectivity index (χ0) is 11.1. The van der Waals surface area contributed by atoms with Gasteiger partial charge in [0.05, 0.1) is 16.9 Å². The maximum absolute atomic E-state index is 11.8. The maximum atomic E-state index is 11.8. The molecule has 0 aliphatic rings. The van der Waals surface area contributed by atoms with E-state index in [1.165, 1.54) is 0 Å². The predicted molar refractivity (Wildman–Crippen MR) is 64.9 cm³/mol. The molecule has 0 bridgehead atoms. The molecule has 0 saturated heterocycles. The average molecular weight is 286 g/mol. The van der Waals surface area contributed by atoms with Gasteiger partial charge in [0.25, 0.3) is 0 Å². The molecule has 15 heavy (non-hydrogen) atoms. The Bertz CT molecular complexity index is 386. The molecule has 0 spiro atoms. The Morgan fingerprint density at radius 2 is 2.20 bits per heavy atom. The molecule has 2 nitrogen and oxygen atoms in total. The molecule has 0 saturated carbocycles. The van der Waals surface area contributed by atoms with Crippen LogP contribution < -0.4 is 0 Å². The summed E-state index contributed by atoms with van der Waals surface area (Å²) in [7, 11) is -0.937. The number of hydrogen-bond donors (Lipinski definition) is 0. The Kier molecular flexibility index (Phi) is 5.59. The summed E-state index contributed by atoms with van der Waals surface area (Å²) < 4.78 is 12.7.